The summed E-state index contributed by atoms with van der Waals surface area (Å²) in [5.41, 5.74) is 1.62. The second kappa shape index (κ2) is 5.17. The number of aromatic nitrogens is 5. The van der Waals surface area contributed by atoms with Crippen LogP contribution in [0.15, 0.2) is 11.4 Å². The maximum atomic E-state index is 11.6. The lowest BCUT2D eigenvalue weighted by atomic mass is 10.2. The average molecular weight is 318 g/mol. The molecule has 0 aromatic carbocycles. The number of hydrogen-bond donors (Lipinski definition) is 0. The fraction of sp³-hybridized carbons (Fsp3) is 0.545. The molecule has 2 heterocycles. The fourth-order valence-electron chi connectivity index (χ4n) is 1.92. The minimum Gasteiger partial charge on any atom is -0.296 e. The lowest BCUT2D eigenvalue weighted by Crippen LogP contribution is -2.12. The molecule has 110 valence electrons. The average Bonchev–Trinajstić information content (AvgIpc) is 2.83. The summed E-state index contributed by atoms with van der Waals surface area (Å²) in [5.74, 6) is 0.683. The summed E-state index contributed by atoms with van der Waals surface area (Å²) >= 11 is 0. The molecule has 0 unspecified atom stereocenters. The number of nitrogens with zero attached hydrogens (tertiary/aromatic N) is 5. The molecule has 0 bridgehead atoms. The first-order valence-corrected chi connectivity index (χ1v) is 8.39. The topological polar surface area (TPSA) is 82.7 Å². The fourth-order valence-corrected chi connectivity index (χ4v) is 2.82. The van der Waals surface area contributed by atoms with Gasteiger partial charge in [0.2, 0.25) is 0 Å². The van der Waals surface area contributed by atoms with E-state index in [0.717, 1.165) is 11.3 Å². The van der Waals surface area contributed by atoms with E-state index < -0.39 is 9.05 Å². The van der Waals surface area contributed by atoms with Crippen LogP contribution >= 0.6 is 10.7 Å². The van der Waals surface area contributed by atoms with Gasteiger partial charge in [0.1, 0.15) is 0 Å². The lowest BCUT2D eigenvalue weighted by Gasteiger charge is -2.11. The molecule has 0 saturated heterocycles. The Hall–Kier alpha value is -1.41. The van der Waals surface area contributed by atoms with Crippen molar-refractivity contribution < 1.29 is 8.42 Å². The van der Waals surface area contributed by atoms with Crippen LogP contribution < -0.4 is 0 Å². The second-order valence-electron chi connectivity index (χ2n) is 5.02. The van der Waals surface area contributed by atoms with Crippen LogP contribution in [-0.4, -0.2) is 33.0 Å². The minimum absolute atomic E-state index is 0.221. The Morgan fingerprint density at radius 3 is 2.45 bits per heavy atom. The van der Waals surface area contributed by atoms with E-state index in [4.69, 9.17) is 10.7 Å². The van der Waals surface area contributed by atoms with Crippen molar-refractivity contribution in [3.05, 3.63) is 11.9 Å². The Kier molecular flexibility index (Phi) is 3.88. The molecule has 2 rings (SSSR count). The van der Waals surface area contributed by atoms with E-state index in [9.17, 15) is 8.42 Å². The quantitative estimate of drug-likeness (QED) is 0.799. The van der Waals surface area contributed by atoms with Crippen LogP contribution in [0.5, 0.6) is 0 Å². The third kappa shape index (κ3) is 2.71. The molecule has 2 aromatic rings. The molecular formula is C11H16ClN5O2S. The van der Waals surface area contributed by atoms with Crippen molar-refractivity contribution in [1.82, 2.24) is 24.5 Å². The molecule has 0 N–H and O–H groups in total. The first kappa shape index (κ1) is 15.0. The first-order valence-electron chi connectivity index (χ1n) is 6.08. The van der Waals surface area contributed by atoms with Crippen LogP contribution in [0, 0.1) is 12.8 Å². The van der Waals surface area contributed by atoms with Crippen molar-refractivity contribution >= 4 is 19.7 Å². The summed E-state index contributed by atoms with van der Waals surface area (Å²) in [7, 11) is 3.29. The van der Waals surface area contributed by atoms with Crippen LogP contribution in [0.2, 0.25) is 0 Å². The lowest BCUT2D eigenvalue weighted by molar-refractivity contribution is 0.488. The van der Waals surface area contributed by atoms with Gasteiger partial charge in [0, 0.05) is 30.0 Å². The van der Waals surface area contributed by atoms with Crippen molar-refractivity contribution in [3.63, 3.8) is 0 Å². The molecule has 7 nitrogen and oxygen atoms in total. The number of halogens is 1. The van der Waals surface area contributed by atoms with Gasteiger partial charge in [-0.15, -0.1) is 10.2 Å². The van der Waals surface area contributed by atoms with E-state index in [2.05, 4.69) is 15.3 Å². The van der Waals surface area contributed by atoms with Gasteiger partial charge >= 0.3 is 0 Å². The molecule has 0 aliphatic rings. The molecule has 0 amide bonds. The Labute approximate surface area is 122 Å². The molecule has 0 saturated carbocycles. The number of aryl methyl sites for hydroxylation is 1. The standard InChI is InChI=1S/C11H16ClN5O2S/c1-7(2)6-17-10(9-5-13-16(4)8(9)3)14-15-11(17)20(12,18)19/h5,7H,6H2,1-4H3. The summed E-state index contributed by atoms with van der Waals surface area (Å²) < 4.78 is 26.4. The number of rotatable bonds is 4. The van der Waals surface area contributed by atoms with Gasteiger partial charge in [-0.3, -0.25) is 9.25 Å². The SMILES string of the molecule is Cc1c(-c2nnc(S(=O)(=O)Cl)n2CC(C)C)cnn1C. The van der Waals surface area contributed by atoms with Crippen molar-refractivity contribution in [1.29, 1.82) is 0 Å². The molecule has 0 fully saturated rings. The summed E-state index contributed by atoms with van der Waals surface area (Å²) in [6, 6.07) is 0. The van der Waals surface area contributed by atoms with Gasteiger partial charge in [-0.25, -0.2) is 8.42 Å². The van der Waals surface area contributed by atoms with E-state index >= 15 is 0 Å². The molecule has 0 aliphatic carbocycles. The Morgan fingerprint density at radius 2 is 2.00 bits per heavy atom. The van der Waals surface area contributed by atoms with E-state index in [1.54, 1.807) is 17.9 Å². The Bertz CT molecular complexity index is 732. The van der Waals surface area contributed by atoms with Crippen LogP contribution in [0.1, 0.15) is 19.5 Å². The van der Waals surface area contributed by atoms with Crippen LogP contribution in [0.4, 0.5) is 0 Å². The van der Waals surface area contributed by atoms with Gasteiger partial charge in [0.15, 0.2) is 5.82 Å². The van der Waals surface area contributed by atoms with Gasteiger partial charge in [0.05, 0.1) is 11.8 Å². The van der Waals surface area contributed by atoms with Crippen LogP contribution in [0.3, 0.4) is 0 Å². The van der Waals surface area contributed by atoms with E-state index in [-0.39, 0.29) is 11.1 Å². The van der Waals surface area contributed by atoms with Gasteiger partial charge in [0.25, 0.3) is 14.2 Å². The van der Waals surface area contributed by atoms with Gasteiger partial charge in [-0.2, -0.15) is 5.10 Å². The van der Waals surface area contributed by atoms with E-state index in [1.807, 2.05) is 20.8 Å². The third-order valence-electron chi connectivity index (χ3n) is 2.96. The van der Waals surface area contributed by atoms with Crippen LogP contribution in [0.25, 0.3) is 11.4 Å². The highest BCUT2D eigenvalue weighted by atomic mass is 35.7. The first-order chi connectivity index (χ1) is 9.21. The zero-order valence-corrected chi connectivity index (χ0v) is 13.3. The van der Waals surface area contributed by atoms with Gasteiger partial charge in [-0.05, 0) is 12.8 Å². The Balaban J connectivity index is 2.65. The maximum Gasteiger partial charge on any atom is 0.296 e. The van der Waals surface area contributed by atoms with E-state index in [0.29, 0.717) is 12.4 Å². The normalized spacial score (nSPS) is 12.3. The molecule has 0 aliphatic heterocycles. The molecular weight excluding hydrogens is 302 g/mol. The molecule has 2 aromatic heterocycles. The largest absolute Gasteiger partial charge is 0.296 e. The molecule has 0 radical (unpaired) electrons. The molecule has 0 atom stereocenters. The zero-order chi connectivity index (χ0) is 15.1. The highest BCUT2D eigenvalue weighted by molar-refractivity contribution is 8.13. The summed E-state index contributed by atoms with van der Waals surface area (Å²) in [4.78, 5) is 0. The maximum absolute atomic E-state index is 11.6. The van der Waals surface area contributed by atoms with E-state index in [1.165, 1.54) is 4.57 Å². The van der Waals surface area contributed by atoms with Crippen molar-refractivity contribution in [2.75, 3.05) is 0 Å². The van der Waals surface area contributed by atoms with Crippen molar-refractivity contribution in [2.24, 2.45) is 13.0 Å². The predicted octanol–water partition coefficient (Wildman–Crippen LogP) is 1.57. The van der Waals surface area contributed by atoms with Gasteiger partial charge < -0.3 is 0 Å². The third-order valence-corrected chi connectivity index (χ3v) is 4.11. The highest BCUT2D eigenvalue weighted by Crippen LogP contribution is 2.25. The summed E-state index contributed by atoms with van der Waals surface area (Å²) in [5, 5.41) is 11.6. The number of hydrogen-bond acceptors (Lipinski definition) is 5. The summed E-state index contributed by atoms with van der Waals surface area (Å²) in [6.45, 7) is 6.29. The van der Waals surface area contributed by atoms with Gasteiger partial charge in [-0.1, -0.05) is 13.8 Å². The smallest absolute Gasteiger partial charge is 0.296 e. The molecule has 20 heavy (non-hydrogen) atoms. The van der Waals surface area contributed by atoms with Crippen molar-refractivity contribution in [3.8, 4) is 11.4 Å². The molecule has 0 spiro atoms. The summed E-state index contributed by atoms with van der Waals surface area (Å²) in [6.07, 6.45) is 1.64. The predicted molar refractivity (Wildman–Crippen MR) is 74.8 cm³/mol. The second-order valence-corrected chi connectivity index (χ2v) is 7.48. The van der Waals surface area contributed by atoms with Crippen LogP contribution in [-0.2, 0) is 22.6 Å². The minimum atomic E-state index is -3.94. The monoisotopic (exact) mass is 317 g/mol. The van der Waals surface area contributed by atoms with Crippen molar-refractivity contribution in [2.45, 2.75) is 32.5 Å². The molecule has 9 heteroatoms. The highest BCUT2D eigenvalue weighted by Gasteiger charge is 2.25. The Morgan fingerprint density at radius 1 is 1.35 bits per heavy atom. The zero-order valence-electron chi connectivity index (χ0n) is 11.7.